The Morgan fingerprint density at radius 3 is 1.65 bits per heavy atom. The van der Waals surface area contributed by atoms with Crippen LogP contribution in [0.2, 0.25) is 18.6 Å². The monoisotopic (exact) mass is 471 g/mol. The van der Waals surface area contributed by atoms with Crippen LogP contribution < -0.4 is 0 Å². The third-order valence-electron chi connectivity index (χ3n) is 3.00. The second kappa shape index (κ2) is 17.9. The van der Waals surface area contributed by atoms with Crippen molar-refractivity contribution >= 4 is 8.07 Å². The van der Waals surface area contributed by atoms with Gasteiger partial charge in [-0.05, 0) is 12.0 Å². The van der Waals surface area contributed by atoms with Crippen molar-refractivity contribution in [3.8, 4) is 0 Å². The first-order valence-corrected chi connectivity index (χ1v) is 9.85. The van der Waals surface area contributed by atoms with Gasteiger partial charge in [0.15, 0.2) is 0 Å². The fourth-order valence-corrected chi connectivity index (χ4v) is 5.50. The number of rotatable bonds is 3. The minimum absolute atomic E-state index is 0. The summed E-state index contributed by atoms with van der Waals surface area (Å²) in [6.07, 6.45) is 3.40. The van der Waals surface area contributed by atoms with Gasteiger partial charge in [0, 0.05) is 8.07 Å². The maximum absolute atomic E-state index is 13.4. The first kappa shape index (κ1) is 29.0. The summed E-state index contributed by atoms with van der Waals surface area (Å²) in [7, 11) is 7.47. The van der Waals surface area contributed by atoms with Gasteiger partial charge in [-0.2, -0.15) is 41.4 Å². The molecule has 1 rings (SSSR count). The molecule has 1 saturated carbocycles. The number of hydrogen-bond donors (Lipinski definition) is 0. The quantitative estimate of drug-likeness (QED) is 0.420. The second-order valence-corrected chi connectivity index (χ2v) is 10.4. The Morgan fingerprint density at radius 1 is 1.00 bits per heavy atom. The average molecular weight is 470 g/mol. The first-order chi connectivity index (χ1) is 8.40. The fraction of sp³-hybridized carbons (Fsp3) is 0.929. The number of nitrogens with zero attached hydrogens (tertiary/aromatic N) is 3. The number of halogens is 1. The Hall–Kier alpha value is 0.897. The summed E-state index contributed by atoms with van der Waals surface area (Å²) < 4.78 is 13.4. The van der Waals surface area contributed by atoms with Crippen molar-refractivity contribution in [1.82, 2.24) is 0 Å². The number of alkyl halides is 1. The van der Waals surface area contributed by atoms with Crippen molar-refractivity contribution in [3.63, 3.8) is 0 Å². The molecule has 1 fully saturated rings. The third kappa shape index (κ3) is 13.9. The molecule has 20 heavy (non-hydrogen) atoms. The molecule has 0 spiro atoms. The summed E-state index contributed by atoms with van der Waals surface area (Å²) in [6, 6.07) is 0. The van der Waals surface area contributed by atoms with E-state index in [4.69, 9.17) is 0 Å². The summed E-state index contributed by atoms with van der Waals surface area (Å²) in [5.74, 6) is 0. The Bertz CT molecular complexity index is 184. The van der Waals surface area contributed by atoms with E-state index in [1.54, 1.807) is 28.2 Å². The van der Waals surface area contributed by atoms with Crippen molar-refractivity contribution < 1.29 is 30.2 Å². The normalized spacial score (nSPS) is 20.4. The van der Waals surface area contributed by atoms with E-state index >= 15 is 0 Å². The molecule has 2 atom stereocenters. The summed E-state index contributed by atoms with van der Waals surface area (Å²) in [4.78, 5) is 0. The Balaban J connectivity index is -0.000000139. The van der Waals surface area contributed by atoms with Crippen molar-refractivity contribution in [1.29, 1.82) is 0 Å². The van der Waals surface area contributed by atoms with Gasteiger partial charge in [0.25, 0.3) is 0 Å². The van der Waals surface area contributed by atoms with Gasteiger partial charge < -0.3 is 23.4 Å². The molecule has 1 aliphatic rings. The van der Waals surface area contributed by atoms with Crippen LogP contribution in [0.3, 0.4) is 0 Å². The van der Waals surface area contributed by atoms with Crippen LogP contribution in [-0.4, -0.2) is 55.7 Å². The molecule has 0 aliphatic heterocycles. The molecule has 0 N–H and O–H groups in total. The Labute approximate surface area is 147 Å². The molecule has 3 nitrogen and oxygen atoms in total. The van der Waals surface area contributed by atoms with Crippen molar-refractivity contribution in [3.05, 3.63) is 23.4 Å². The molecule has 1 aliphatic carbocycles. The van der Waals surface area contributed by atoms with Gasteiger partial charge in [-0.15, -0.1) is 0 Å². The molecule has 0 amide bonds. The predicted octanol–water partition coefficient (Wildman–Crippen LogP) is 4.82. The second-order valence-electron chi connectivity index (χ2n) is 5.41. The van der Waals surface area contributed by atoms with Gasteiger partial charge >= 0.3 is 25.8 Å². The van der Waals surface area contributed by atoms with Crippen LogP contribution in [0.4, 0.5) is 4.39 Å². The topological polar surface area (TPSA) is 42.3 Å². The maximum Gasteiger partial charge on any atom is 4.00 e. The van der Waals surface area contributed by atoms with E-state index in [1.807, 2.05) is 7.05 Å². The molecule has 0 aromatic heterocycles. The molecule has 0 saturated heterocycles. The molecule has 6 heteroatoms. The zero-order valence-corrected chi connectivity index (χ0v) is 19.3. The van der Waals surface area contributed by atoms with E-state index in [1.165, 1.54) is 0 Å². The van der Waals surface area contributed by atoms with Crippen LogP contribution in [0.15, 0.2) is 0 Å². The summed E-state index contributed by atoms with van der Waals surface area (Å²) in [5, 5.41) is 11.2. The minimum Gasteiger partial charge on any atom is -0.668 e. The smallest absolute Gasteiger partial charge is 0.668 e. The van der Waals surface area contributed by atoms with E-state index in [-0.39, 0.29) is 33.3 Å². The van der Waals surface area contributed by atoms with Crippen LogP contribution in [0.1, 0.15) is 19.3 Å². The van der Waals surface area contributed by atoms with Crippen LogP contribution >= 0.6 is 0 Å². The zero-order valence-electron chi connectivity index (χ0n) is 14.7. The summed E-state index contributed by atoms with van der Waals surface area (Å²) in [5.41, 5.74) is 0.376. The third-order valence-corrected chi connectivity index (χ3v) is 6.79. The maximum atomic E-state index is 13.4. The SMILES string of the molecule is C[N-]C.C[N-]C.C[N-]C[Si](C)(C)C1CCCC1F.[CH3-].[Hf+4]. The van der Waals surface area contributed by atoms with E-state index in [9.17, 15) is 4.39 Å². The van der Waals surface area contributed by atoms with Gasteiger partial charge in [-0.1, -0.05) is 25.9 Å². The predicted molar refractivity (Wildman–Crippen MR) is 91.0 cm³/mol. The molecular formula is C14H34FHfN3Si. The van der Waals surface area contributed by atoms with Crippen molar-refractivity contribution in [2.75, 3.05) is 41.4 Å². The fourth-order valence-electron chi connectivity index (χ4n) is 2.32. The zero-order chi connectivity index (χ0) is 14.6. The molecule has 0 aromatic carbocycles. The molecule has 0 aromatic rings. The van der Waals surface area contributed by atoms with E-state index in [2.05, 4.69) is 29.0 Å². The van der Waals surface area contributed by atoms with Crippen LogP contribution in [-0.2, 0) is 25.8 Å². The van der Waals surface area contributed by atoms with Gasteiger partial charge in [0.05, 0.1) is 0 Å². The van der Waals surface area contributed by atoms with Crippen LogP contribution in [0, 0.1) is 7.43 Å². The number of hydrogen-bond acceptors (Lipinski definition) is 0. The van der Waals surface area contributed by atoms with Crippen molar-refractivity contribution in [2.24, 2.45) is 0 Å². The molecule has 0 radical (unpaired) electrons. The minimum atomic E-state index is -1.38. The summed E-state index contributed by atoms with van der Waals surface area (Å²) >= 11 is 0. The van der Waals surface area contributed by atoms with Gasteiger partial charge in [-0.25, -0.2) is 4.39 Å². The largest absolute Gasteiger partial charge is 4.00 e. The first-order valence-electron chi connectivity index (χ1n) is 6.56. The van der Waals surface area contributed by atoms with E-state index in [0.717, 1.165) is 25.4 Å². The average Bonchev–Trinajstić information content (AvgIpc) is 2.67. The molecular weight excluding hydrogens is 436 g/mol. The van der Waals surface area contributed by atoms with Gasteiger partial charge in [0.2, 0.25) is 0 Å². The van der Waals surface area contributed by atoms with Crippen molar-refractivity contribution in [2.45, 2.75) is 44.1 Å². The van der Waals surface area contributed by atoms with Gasteiger partial charge in [-0.3, -0.25) is 0 Å². The molecule has 0 bridgehead atoms. The molecule has 120 valence electrons. The van der Waals surface area contributed by atoms with Gasteiger partial charge in [0.1, 0.15) is 6.17 Å². The van der Waals surface area contributed by atoms with E-state index in [0.29, 0.717) is 5.54 Å². The summed E-state index contributed by atoms with van der Waals surface area (Å²) in [6.45, 7) is 4.53. The van der Waals surface area contributed by atoms with Crippen LogP contribution in [0.25, 0.3) is 16.0 Å². The molecule has 2 unspecified atom stereocenters. The van der Waals surface area contributed by atoms with E-state index < -0.39 is 14.2 Å². The Morgan fingerprint density at radius 2 is 1.40 bits per heavy atom. The molecule has 0 heterocycles. The standard InChI is InChI=1S/C9H19FNSi.2C2H6N.CH3.Hf/c1-11-7-12(2,3)9-6-4-5-8(9)10;2*1-3-2;;/h8-9H,4-7H2,1-3H3;2*1-2H3;1H3;/q4*-1;+4. The Kier molecular flexibility index (Phi) is 26.0. The van der Waals surface area contributed by atoms with Crippen LogP contribution in [0.5, 0.6) is 0 Å².